The van der Waals surface area contributed by atoms with E-state index in [0.717, 1.165) is 0 Å². The van der Waals surface area contributed by atoms with Crippen molar-refractivity contribution in [3.63, 3.8) is 0 Å². The molecule has 0 bridgehead atoms. The Morgan fingerprint density at radius 3 is 1.93 bits per heavy atom. The Kier molecular flexibility index (Phi) is 3.99. The molecule has 15 heavy (non-hydrogen) atoms. The predicted octanol–water partition coefficient (Wildman–Crippen LogP) is 1.51. The zero-order valence-corrected chi connectivity index (χ0v) is 10.1. The highest BCUT2D eigenvalue weighted by molar-refractivity contribution is 6.19. The lowest BCUT2D eigenvalue weighted by molar-refractivity contribution is -0.433. The van der Waals surface area contributed by atoms with Gasteiger partial charge in [-0.3, -0.25) is 14.2 Å². The largest absolute Gasteiger partial charge is 0.413 e. The molecule has 2 aliphatic heterocycles. The van der Waals surface area contributed by atoms with E-state index in [-0.39, 0.29) is 30.1 Å². The molecule has 2 aliphatic rings. The van der Waals surface area contributed by atoms with Crippen molar-refractivity contribution in [3.05, 3.63) is 0 Å². The number of ether oxygens (including phenoxy) is 4. The van der Waals surface area contributed by atoms with Crippen LogP contribution in [0.5, 0.6) is 0 Å². The average Bonchev–Trinajstić information content (AvgIpc) is 2.83. The van der Waals surface area contributed by atoms with Crippen LogP contribution in [0.25, 0.3) is 0 Å². The number of hydrogen-bond donors (Lipinski definition) is 0. The van der Waals surface area contributed by atoms with Gasteiger partial charge in [-0.1, -0.05) is 0 Å². The van der Waals surface area contributed by atoms with Gasteiger partial charge in [0.2, 0.25) is 0 Å². The van der Waals surface area contributed by atoms with E-state index in [9.17, 15) is 0 Å². The molecule has 88 valence electrons. The van der Waals surface area contributed by atoms with Crippen molar-refractivity contribution in [2.45, 2.75) is 24.5 Å². The molecule has 0 radical (unpaired) electrons. The summed E-state index contributed by atoms with van der Waals surface area (Å²) in [5, 5.41) is 0. The van der Waals surface area contributed by atoms with Gasteiger partial charge in [0, 0.05) is 0 Å². The molecule has 0 aliphatic carbocycles. The Morgan fingerprint density at radius 2 is 1.53 bits per heavy atom. The highest BCUT2D eigenvalue weighted by Gasteiger charge is 2.54. The van der Waals surface area contributed by atoms with Gasteiger partial charge in [0.15, 0.2) is 0 Å². The fraction of sp³-hybridized carbons (Fsp3) is 1.00. The summed E-state index contributed by atoms with van der Waals surface area (Å²) in [5.41, 5.74) is 0. The lowest BCUT2D eigenvalue weighted by Gasteiger charge is -2.19. The van der Waals surface area contributed by atoms with Crippen molar-refractivity contribution < 1.29 is 18.9 Å². The van der Waals surface area contributed by atoms with Gasteiger partial charge in [-0.05, 0) is 0 Å². The number of hydrogen-bond acceptors (Lipinski definition) is 4. The van der Waals surface area contributed by atoms with Crippen LogP contribution in [0.15, 0.2) is 0 Å². The zero-order chi connectivity index (χ0) is 10.9. The molecule has 4 nitrogen and oxygen atoms in total. The molecule has 0 aromatic rings. The Hall–Kier alpha value is 0.710. The minimum atomic E-state index is -1.45. The molecule has 7 heteroatoms. The van der Waals surface area contributed by atoms with Crippen LogP contribution in [0.4, 0.5) is 0 Å². The third-order valence-corrected chi connectivity index (χ3v) is 3.19. The average molecular weight is 278 g/mol. The van der Waals surface area contributed by atoms with Crippen molar-refractivity contribution >= 4 is 34.8 Å². The summed E-state index contributed by atoms with van der Waals surface area (Å²) >= 11 is 17.1. The third-order valence-electron chi connectivity index (χ3n) is 2.24. The summed E-state index contributed by atoms with van der Waals surface area (Å²) in [6.45, 7) is 0.341. The maximum absolute atomic E-state index is 5.71. The van der Waals surface area contributed by atoms with Crippen LogP contribution in [-0.4, -0.2) is 48.7 Å². The SMILES string of the molecule is ClCC1COC2(O1)OC(CCl)C(CCl)O2. The van der Waals surface area contributed by atoms with Gasteiger partial charge < -0.3 is 4.74 Å². The Balaban J connectivity index is 2.00. The summed E-state index contributed by atoms with van der Waals surface area (Å²) < 4.78 is 21.6. The van der Waals surface area contributed by atoms with Crippen LogP contribution in [0, 0.1) is 0 Å². The first-order chi connectivity index (χ1) is 7.23. The topological polar surface area (TPSA) is 36.9 Å². The normalized spacial score (nSPS) is 45.4. The maximum Gasteiger partial charge on any atom is 0.413 e. The van der Waals surface area contributed by atoms with Gasteiger partial charge in [0.25, 0.3) is 0 Å². The van der Waals surface area contributed by atoms with Crippen LogP contribution in [0.3, 0.4) is 0 Å². The molecule has 0 aromatic carbocycles. The molecule has 0 saturated carbocycles. The van der Waals surface area contributed by atoms with E-state index in [1.807, 2.05) is 0 Å². The van der Waals surface area contributed by atoms with Gasteiger partial charge in [0.05, 0.1) is 24.2 Å². The first-order valence-corrected chi connectivity index (χ1v) is 6.18. The van der Waals surface area contributed by atoms with Crippen LogP contribution >= 0.6 is 34.8 Å². The summed E-state index contributed by atoms with van der Waals surface area (Å²) in [6, 6.07) is 0. The standard InChI is InChI=1S/C8H11Cl3O4/c9-1-5-4-12-8(13-5)14-6(2-10)7(3-11)15-8/h5-7H,1-4H2. The molecule has 0 amide bonds. The van der Waals surface area contributed by atoms with Gasteiger partial charge >= 0.3 is 6.16 Å². The van der Waals surface area contributed by atoms with Gasteiger partial charge in [-0.15, -0.1) is 34.8 Å². The molecule has 1 spiro atoms. The van der Waals surface area contributed by atoms with Crippen LogP contribution < -0.4 is 0 Å². The van der Waals surface area contributed by atoms with Gasteiger partial charge in [-0.2, -0.15) is 0 Å². The van der Waals surface area contributed by atoms with Crippen LogP contribution in [-0.2, 0) is 18.9 Å². The molecular formula is C8H11Cl3O4. The lowest BCUT2D eigenvalue weighted by Crippen LogP contribution is -2.33. The third kappa shape index (κ3) is 2.36. The van der Waals surface area contributed by atoms with E-state index >= 15 is 0 Å². The zero-order valence-electron chi connectivity index (χ0n) is 7.83. The minimum Gasteiger partial charge on any atom is -0.300 e. The van der Waals surface area contributed by atoms with E-state index < -0.39 is 6.16 Å². The second-order valence-corrected chi connectivity index (χ2v) is 4.25. The molecular weight excluding hydrogens is 266 g/mol. The lowest BCUT2D eigenvalue weighted by atomic mass is 10.3. The highest BCUT2D eigenvalue weighted by Crippen LogP contribution is 2.37. The molecule has 3 unspecified atom stereocenters. The molecule has 2 heterocycles. The first kappa shape index (κ1) is 12.2. The minimum absolute atomic E-state index is 0.225. The van der Waals surface area contributed by atoms with E-state index in [2.05, 4.69) is 0 Å². The summed E-state index contributed by atoms with van der Waals surface area (Å²) in [5.74, 6) is 0.875. The molecule has 2 fully saturated rings. The quantitative estimate of drug-likeness (QED) is 0.733. The van der Waals surface area contributed by atoms with Crippen LogP contribution in [0.1, 0.15) is 0 Å². The molecule has 3 atom stereocenters. The highest BCUT2D eigenvalue weighted by atomic mass is 35.5. The number of alkyl halides is 3. The predicted molar refractivity (Wildman–Crippen MR) is 55.5 cm³/mol. The van der Waals surface area contributed by atoms with Crippen molar-refractivity contribution in [2.24, 2.45) is 0 Å². The van der Waals surface area contributed by atoms with Crippen molar-refractivity contribution in [2.75, 3.05) is 24.2 Å². The molecule has 2 saturated heterocycles. The number of halogens is 3. The summed E-state index contributed by atoms with van der Waals surface area (Å²) in [6.07, 6.45) is -2.31. The van der Waals surface area contributed by atoms with E-state index in [4.69, 9.17) is 53.8 Å². The van der Waals surface area contributed by atoms with Crippen molar-refractivity contribution in [1.29, 1.82) is 0 Å². The second kappa shape index (κ2) is 4.92. The van der Waals surface area contributed by atoms with Crippen LogP contribution in [0.2, 0.25) is 0 Å². The monoisotopic (exact) mass is 276 g/mol. The maximum atomic E-state index is 5.71. The van der Waals surface area contributed by atoms with Gasteiger partial charge in [0.1, 0.15) is 18.3 Å². The second-order valence-electron chi connectivity index (χ2n) is 3.33. The Morgan fingerprint density at radius 1 is 0.933 bits per heavy atom. The van der Waals surface area contributed by atoms with E-state index in [1.165, 1.54) is 0 Å². The number of rotatable bonds is 3. The molecule has 0 aromatic heterocycles. The molecule has 0 N–H and O–H groups in total. The summed E-state index contributed by atoms with van der Waals surface area (Å²) in [7, 11) is 0. The molecule has 2 rings (SSSR count). The Labute approximate surface area is 103 Å². The Bertz CT molecular complexity index is 216. The summed E-state index contributed by atoms with van der Waals surface area (Å²) in [4.78, 5) is 0. The van der Waals surface area contributed by atoms with Crippen molar-refractivity contribution in [3.8, 4) is 0 Å². The van der Waals surface area contributed by atoms with Gasteiger partial charge in [-0.25, -0.2) is 0 Å². The van der Waals surface area contributed by atoms with Crippen molar-refractivity contribution in [1.82, 2.24) is 0 Å². The van der Waals surface area contributed by atoms with E-state index in [0.29, 0.717) is 12.5 Å². The fourth-order valence-corrected chi connectivity index (χ4v) is 2.15. The van der Waals surface area contributed by atoms with E-state index in [1.54, 1.807) is 0 Å². The smallest absolute Gasteiger partial charge is 0.300 e. The fourth-order valence-electron chi connectivity index (χ4n) is 1.48. The first-order valence-electron chi connectivity index (χ1n) is 4.58.